The Morgan fingerprint density at radius 1 is 1.21 bits per heavy atom. The highest BCUT2D eigenvalue weighted by Gasteiger charge is 2.22. The molecule has 0 aromatic carbocycles. The standard InChI is InChI=1S/C13H23N3O2S/c1-4-9-14-13-8-7-12(11-15-13)19(17,18)16(6-3)10-5-2/h7-8,11H,4-6,9-10H2,1-3H3,(H,14,15). The first kappa shape index (κ1) is 15.9. The molecule has 0 saturated carbocycles. The van der Waals surface area contributed by atoms with Gasteiger partial charge in [0, 0.05) is 25.8 Å². The Kier molecular flexibility index (Phi) is 6.24. The van der Waals surface area contributed by atoms with E-state index in [1.54, 1.807) is 12.1 Å². The summed E-state index contributed by atoms with van der Waals surface area (Å²) < 4.78 is 26.2. The van der Waals surface area contributed by atoms with E-state index in [0.29, 0.717) is 18.9 Å². The van der Waals surface area contributed by atoms with Crippen LogP contribution in [-0.4, -0.2) is 37.3 Å². The van der Waals surface area contributed by atoms with Gasteiger partial charge in [0.25, 0.3) is 0 Å². The Morgan fingerprint density at radius 2 is 1.95 bits per heavy atom. The van der Waals surface area contributed by atoms with Gasteiger partial charge in [0.2, 0.25) is 10.0 Å². The van der Waals surface area contributed by atoms with Gasteiger partial charge in [-0.3, -0.25) is 0 Å². The molecule has 0 spiro atoms. The van der Waals surface area contributed by atoms with Crippen LogP contribution in [0.15, 0.2) is 23.2 Å². The van der Waals surface area contributed by atoms with Gasteiger partial charge in [0.15, 0.2) is 0 Å². The van der Waals surface area contributed by atoms with E-state index in [-0.39, 0.29) is 4.90 Å². The highest BCUT2D eigenvalue weighted by molar-refractivity contribution is 7.89. The summed E-state index contributed by atoms with van der Waals surface area (Å²) in [4.78, 5) is 4.40. The minimum Gasteiger partial charge on any atom is -0.370 e. The van der Waals surface area contributed by atoms with Crippen LogP contribution in [0.4, 0.5) is 5.82 Å². The highest BCUT2D eigenvalue weighted by Crippen LogP contribution is 2.16. The first-order valence-corrected chi connectivity index (χ1v) is 8.20. The van der Waals surface area contributed by atoms with Gasteiger partial charge in [-0.25, -0.2) is 13.4 Å². The van der Waals surface area contributed by atoms with E-state index in [2.05, 4.69) is 17.2 Å². The number of nitrogens with zero attached hydrogens (tertiary/aromatic N) is 2. The van der Waals surface area contributed by atoms with Crippen LogP contribution in [0.2, 0.25) is 0 Å². The van der Waals surface area contributed by atoms with Crippen molar-refractivity contribution in [2.45, 2.75) is 38.5 Å². The largest absolute Gasteiger partial charge is 0.370 e. The third-order valence-corrected chi connectivity index (χ3v) is 4.71. The van der Waals surface area contributed by atoms with Gasteiger partial charge in [-0.15, -0.1) is 0 Å². The maximum atomic E-state index is 12.3. The van der Waals surface area contributed by atoms with Gasteiger partial charge in [0.05, 0.1) is 0 Å². The zero-order chi connectivity index (χ0) is 14.3. The molecule has 1 rings (SSSR count). The van der Waals surface area contributed by atoms with Crippen LogP contribution in [0.5, 0.6) is 0 Å². The molecule has 108 valence electrons. The van der Waals surface area contributed by atoms with Crippen molar-refractivity contribution in [2.24, 2.45) is 0 Å². The SMILES string of the molecule is CCCNc1ccc(S(=O)(=O)N(CC)CCC)cn1. The molecule has 0 fully saturated rings. The van der Waals surface area contributed by atoms with Crippen LogP contribution in [0, 0.1) is 0 Å². The summed E-state index contributed by atoms with van der Waals surface area (Å²) in [7, 11) is -3.41. The second kappa shape index (κ2) is 7.45. The smallest absolute Gasteiger partial charge is 0.244 e. The molecule has 1 aromatic heterocycles. The normalized spacial score (nSPS) is 11.8. The molecule has 0 amide bonds. The maximum Gasteiger partial charge on any atom is 0.244 e. The molecular formula is C13H23N3O2S. The van der Waals surface area contributed by atoms with Crippen molar-refractivity contribution < 1.29 is 8.42 Å². The topological polar surface area (TPSA) is 62.3 Å². The third kappa shape index (κ3) is 4.18. The predicted octanol–water partition coefficient (Wildman–Crippen LogP) is 2.32. The Hall–Kier alpha value is -1.14. The summed E-state index contributed by atoms with van der Waals surface area (Å²) in [6.07, 6.45) is 3.23. The molecule has 0 bridgehead atoms. The van der Waals surface area contributed by atoms with Gasteiger partial charge >= 0.3 is 0 Å². The van der Waals surface area contributed by atoms with Gasteiger partial charge in [0.1, 0.15) is 10.7 Å². The van der Waals surface area contributed by atoms with Crippen LogP contribution in [0.3, 0.4) is 0 Å². The first-order chi connectivity index (χ1) is 9.06. The molecule has 1 N–H and O–H groups in total. The molecular weight excluding hydrogens is 262 g/mol. The van der Waals surface area contributed by atoms with Crippen molar-refractivity contribution in [2.75, 3.05) is 25.0 Å². The molecule has 0 radical (unpaired) electrons. The van der Waals surface area contributed by atoms with E-state index in [9.17, 15) is 8.42 Å². The van der Waals surface area contributed by atoms with Crippen molar-refractivity contribution in [3.05, 3.63) is 18.3 Å². The second-order valence-electron chi connectivity index (χ2n) is 4.30. The number of pyridine rings is 1. The molecule has 0 unspecified atom stereocenters. The summed E-state index contributed by atoms with van der Waals surface area (Å²) in [6, 6.07) is 3.32. The van der Waals surface area contributed by atoms with E-state index < -0.39 is 10.0 Å². The number of anilines is 1. The fraction of sp³-hybridized carbons (Fsp3) is 0.615. The zero-order valence-electron chi connectivity index (χ0n) is 11.9. The van der Waals surface area contributed by atoms with Crippen molar-refractivity contribution in [3.63, 3.8) is 0 Å². The van der Waals surface area contributed by atoms with E-state index in [1.807, 2.05) is 13.8 Å². The molecule has 5 nitrogen and oxygen atoms in total. The predicted molar refractivity (Wildman–Crippen MR) is 77.7 cm³/mol. The lowest BCUT2D eigenvalue weighted by Gasteiger charge is -2.19. The molecule has 0 atom stereocenters. The lowest BCUT2D eigenvalue weighted by molar-refractivity contribution is 0.427. The van der Waals surface area contributed by atoms with E-state index in [1.165, 1.54) is 10.5 Å². The van der Waals surface area contributed by atoms with E-state index in [0.717, 1.165) is 19.4 Å². The average Bonchev–Trinajstić information content (AvgIpc) is 2.42. The summed E-state index contributed by atoms with van der Waals surface area (Å²) in [5, 5.41) is 3.12. The van der Waals surface area contributed by atoms with Gasteiger partial charge < -0.3 is 5.32 Å². The Balaban J connectivity index is 2.89. The van der Waals surface area contributed by atoms with Gasteiger partial charge in [-0.1, -0.05) is 20.8 Å². The summed E-state index contributed by atoms with van der Waals surface area (Å²) in [5.74, 6) is 0.708. The number of hydrogen-bond donors (Lipinski definition) is 1. The number of aromatic nitrogens is 1. The number of sulfonamides is 1. The summed E-state index contributed by atoms with van der Waals surface area (Å²) in [6.45, 7) is 7.72. The fourth-order valence-electron chi connectivity index (χ4n) is 1.74. The zero-order valence-corrected chi connectivity index (χ0v) is 12.7. The van der Waals surface area contributed by atoms with Crippen molar-refractivity contribution in [1.82, 2.24) is 9.29 Å². The molecule has 6 heteroatoms. The minimum absolute atomic E-state index is 0.254. The lowest BCUT2D eigenvalue weighted by atomic mass is 10.4. The Bertz CT molecular complexity index is 471. The summed E-state index contributed by atoms with van der Waals surface area (Å²) >= 11 is 0. The monoisotopic (exact) mass is 285 g/mol. The van der Waals surface area contributed by atoms with E-state index in [4.69, 9.17) is 0 Å². The Labute approximate surface area is 116 Å². The van der Waals surface area contributed by atoms with Crippen LogP contribution < -0.4 is 5.32 Å². The van der Waals surface area contributed by atoms with Crippen molar-refractivity contribution >= 4 is 15.8 Å². The number of nitrogens with one attached hydrogen (secondary N) is 1. The summed E-state index contributed by atoms with van der Waals surface area (Å²) in [5.41, 5.74) is 0. The molecule has 1 aromatic rings. The second-order valence-corrected chi connectivity index (χ2v) is 6.24. The van der Waals surface area contributed by atoms with Crippen LogP contribution in [0.25, 0.3) is 0 Å². The molecule has 0 aliphatic rings. The fourth-order valence-corrected chi connectivity index (χ4v) is 3.22. The number of rotatable bonds is 8. The third-order valence-electron chi connectivity index (χ3n) is 2.76. The van der Waals surface area contributed by atoms with Gasteiger partial charge in [-0.2, -0.15) is 4.31 Å². The first-order valence-electron chi connectivity index (χ1n) is 6.76. The molecule has 19 heavy (non-hydrogen) atoms. The molecule has 0 aliphatic carbocycles. The quantitative estimate of drug-likeness (QED) is 0.796. The maximum absolute atomic E-state index is 12.3. The number of hydrogen-bond acceptors (Lipinski definition) is 4. The minimum atomic E-state index is -3.41. The highest BCUT2D eigenvalue weighted by atomic mass is 32.2. The van der Waals surface area contributed by atoms with Crippen LogP contribution in [0.1, 0.15) is 33.6 Å². The Morgan fingerprint density at radius 3 is 2.42 bits per heavy atom. The average molecular weight is 285 g/mol. The van der Waals surface area contributed by atoms with Gasteiger partial charge in [-0.05, 0) is 25.0 Å². The van der Waals surface area contributed by atoms with E-state index >= 15 is 0 Å². The molecule has 1 heterocycles. The van der Waals surface area contributed by atoms with Crippen LogP contribution in [-0.2, 0) is 10.0 Å². The van der Waals surface area contributed by atoms with Crippen LogP contribution >= 0.6 is 0 Å². The lowest BCUT2D eigenvalue weighted by Crippen LogP contribution is -2.31. The molecule has 0 aliphatic heterocycles. The van der Waals surface area contributed by atoms with Crippen molar-refractivity contribution in [3.8, 4) is 0 Å². The molecule has 0 saturated heterocycles. The van der Waals surface area contributed by atoms with Crippen molar-refractivity contribution in [1.29, 1.82) is 0 Å².